The molecule has 1 aromatic heterocycles. The fourth-order valence-corrected chi connectivity index (χ4v) is 3.71. The highest BCUT2D eigenvalue weighted by Crippen LogP contribution is 2.30. The average molecular weight is 354 g/mol. The van der Waals surface area contributed by atoms with E-state index in [9.17, 15) is 5.11 Å². The number of benzene rings is 1. The number of rotatable bonds is 5. The number of pyridine rings is 1. The number of aromatic nitrogens is 1. The van der Waals surface area contributed by atoms with E-state index in [-0.39, 0.29) is 6.17 Å². The van der Waals surface area contributed by atoms with Crippen molar-refractivity contribution < 1.29 is 5.11 Å². The maximum atomic E-state index is 10.6. The molecule has 5 N–H and O–H groups in total. The topological polar surface area (TPSA) is 84.5 Å². The maximum absolute atomic E-state index is 10.6. The van der Waals surface area contributed by atoms with Crippen molar-refractivity contribution in [1.29, 1.82) is 0 Å². The zero-order chi connectivity index (χ0) is 17.8. The number of hydrogen-bond donors (Lipinski definition) is 5. The van der Waals surface area contributed by atoms with Gasteiger partial charge in [0, 0.05) is 12.7 Å². The fraction of sp³-hybridized carbons (Fsp3) is 0.421. The van der Waals surface area contributed by atoms with Crippen molar-refractivity contribution in [3.8, 4) is 0 Å². The van der Waals surface area contributed by atoms with Crippen LogP contribution in [-0.4, -0.2) is 28.1 Å². The molecule has 2 aliphatic rings. The summed E-state index contributed by atoms with van der Waals surface area (Å²) in [6, 6.07) is 14.4. The van der Waals surface area contributed by atoms with Crippen LogP contribution in [0.1, 0.15) is 41.9 Å². The summed E-state index contributed by atoms with van der Waals surface area (Å²) in [5.41, 5.74) is 15.1. The van der Waals surface area contributed by atoms with Crippen LogP contribution in [0, 0.1) is 5.92 Å². The predicted octanol–water partition coefficient (Wildman–Crippen LogP) is 1.14. The van der Waals surface area contributed by atoms with E-state index in [0.29, 0.717) is 5.92 Å². The Morgan fingerprint density at radius 1 is 1.04 bits per heavy atom. The summed E-state index contributed by atoms with van der Waals surface area (Å²) in [4.78, 5) is 6.76. The van der Waals surface area contributed by atoms with Crippen LogP contribution in [0.4, 0.5) is 0 Å². The maximum Gasteiger partial charge on any atom is 0.111 e. The molecular weight excluding hydrogens is 328 g/mol. The van der Waals surface area contributed by atoms with E-state index in [0.717, 1.165) is 38.2 Å². The van der Waals surface area contributed by atoms with Gasteiger partial charge in [-0.2, -0.15) is 11.1 Å². The van der Waals surface area contributed by atoms with E-state index in [1.54, 1.807) is 6.20 Å². The lowest BCUT2D eigenvalue weighted by molar-refractivity contribution is 0.0540. The van der Waals surface area contributed by atoms with Crippen LogP contribution in [0.25, 0.3) is 0 Å². The van der Waals surface area contributed by atoms with E-state index < -0.39 is 6.10 Å². The molecule has 2 saturated heterocycles. The van der Waals surface area contributed by atoms with Crippen molar-refractivity contribution in [2.24, 2.45) is 5.92 Å². The molecule has 1 atom stereocenters. The molecule has 1 unspecified atom stereocenters. The standard InChI is InChI=1S/C19H26N6O/c26-18(17-3-1-2-10-20-17)15-8-11-25(12-9-15)13-14-4-6-16(7-5-14)19-21-23-24-22-19/h1-7,10,15,18-19,21-24,26H,8-9,11-13H2. The van der Waals surface area contributed by atoms with Gasteiger partial charge < -0.3 is 5.11 Å². The van der Waals surface area contributed by atoms with Gasteiger partial charge in [0.15, 0.2) is 0 Å². The van der Waals surface area contributed by atoms with Gasteiger partial charge in [0.05, 0.1) is 11.8 Å². The third-order valence-corrected chi connectivity index (χ3v) is 5.28. The summed E-state index contributed by atoms with van der Waals surface area (Å²) in [6.45, 7) is 2.97. The first-order valence-corrected chi connectivity index (χ1v) is 9.21. The van der Waals surface area contributed by atoms with Crippen molar-refractivity contribution >= 4 is 0 Å². The van der Waals surface area contributed by atoms with Crippen LogP contribution < -0.4 is 21.9 Å². The number of nitrogens with zero attached hydrogens (tertiary/aromatic N) is 2. The van der Waals surface area contributed by atoms with Gasteiger partial charge in [0.2, 0.25) is 0 Å². The Labute approximate surface area is 153 Å². The van der Waals surface area contributed by atoms with Crippen LogP contribution in [0.2, 0.25) is 0 Å². The number of hydrogen-bond acceptors (Lipinski definition) is 7. The SMILES string of the molecule is OC(c1ccccn1)C1CCN(Cc2ccc(C3NNNN3)cc2)CC1. The van der Waals surface area contributed by atoms with E-state index >= 15 is 0 Å². The number of hydrazine groups is 3. The predicted molar refractivity (Wildman–Crippen MR) is 98.9 cm³/mol. The second-order valence-electron chi connectivity index (χ2n) is 7.03. The molecule has 0 saturated carbocycles. The van der Waals surface area contributed by atoms with Gasteiger partial charge in [0.1, 0.15) is 6.17 Å². The normalized spacial score (nSPS) is 21.1. The Hall–Kier alpha value is -1.87. The number of piperidine rings is 1. The zero-order valence-electron chi connectivity index (χ0n) is 14.7. The third kappa shape index (κ3) is 4.09. The molecule has 0 bridgehead atoms. The second-order valence-corrected chi connectivity index (χ2v) is 7.03. The summed E-state index contributed by atoms with van der Waals surface area (Å²) >= 11 is 0. The molecule has 3 heterocycles. The van der Waals surface area contributed by atoms with Gasteiger partial charge in [0.25, 0.3) is 0 Å². The molecule has 1 aromatic carbocycles. The Kier molecular flexibility index (Phi) is 5.54. The lowest BCUT2D eigenvalue weighted by atomic mass is 9.89. The van der Waals surface area contributed by atoms with Crippen LogP contribution in [-0.2, 0) is 6.54 Å². The fourth-order valence-electron chi connectivity index (χ4n) is 3.71. The highest BCUT2D eigenvalue weighted by molar-refractivity contribution is 5.25. The van der Waals surface area contributed by atoms with Gasteiger partial charge in [-0.25, -0.2) is 10.9 Å². The summed E-state index contributed by atoms with van der Waals surface area (Å²) in [5, 5.41) is 10.6. The van der Waals surface area contributed by atoms with Crippen LogP contribution in [0.5, 0.6) is 0 Å². The quantitative estimate of drug-likeness (QED) is 0.551. The minimum absolute atomic E-state index is 0.0767. The Balaban J connectivity index is 1.28. The summed E-state index contributed by atoms with van der Waals surface area (Å²) < 4.78 is 0. The van der Waals surface area contributed by atoms with Crippen LogP contribution in [0.15, 0.2) is 48.7 Å². The zero-order valence-corrected chi connectivity index (χ0v) is 14.7. The number of likely N-dealkylation sites (tertiary alicyclic amines) is 1. The van der Waals surface area contributed by atoms with Gasteiger partial charge >= 0.3 is 0 Å². The van der Waals surface area contributed by atoms with Crippen LogP contribution >= 0.6 is 0 Å². The molecule has 0 radical (unpaired) electrons. The van der Waals surface area contributed by atoms with Gasteiger partial charge in [-0.05, 0) is 55.1 Å². The first-order valence-electron chi connectivity index (χ1n) is 9.21. The van der Waals surface area contributed by atoms with Crippen molar-refractivity contribution in [1.82, 2.24) is 31.8 Å². The molecule has 0 spiro atoms. The molecule has 2 fully saturated rings. The lowest BCUT2D eigenvalue weighted by Gasteiger charge is -2.34. The smallest absolute Gasteiger partial charge is 0.111 e. The van der Waals surface area contributed by atoms with Crippen molar-refractivity contribution in [3.63, 3.8) is 0 Å². The minimum atomic E-state index is -0.453. The van der Waals surface area contributed by atoms with E-state index in [4.69, 9.17) is 0 Å². The highest BCUT2D eigenvalue weighted by atomic mass is 16.3. The number of nitrogens with one attached hydrogen (secondary N) is 4. The Morgan fingerprint density at radius 3 is 2.42 bits per heavy atom. The van der Waals surface area contributed by atoms with E-state index in [1.807, 2.05) is 18.2 Å². The molecule has 2 aromatic rings. The molecule has 2 aliphatic heterocycles. The van der Waals surface area contributed by atoms with Gasteiger partial charge in [-0.15, -0.1) is 0 Å². The second kappa shape index (κ2) is 8.22. The minimum Gasteiger partial charge on any atom is -0.387 e. The molecule has 7 nitrogen and oxygen atoms in total. The monoisotopic (exact) mass is 354 g/mol. The molecule has 0 amide bonds. The molecular formula is C19H26N6O. The highest BCUT2D eigenvalue weighted by Gasteiger charge is 2.27. The van der Waals surface area contributed by atoms with E-state index in [2.05, 4.69) is 56.1 Å². The van der Waals surface area contributed by atoms with Gasteiger partial charge in [-0.3, -0.25) is 9.88 Å². The largest absolute Gasteiger partial charge is 0.387 e. The first kappa shape index (κ1) is 17.5. The van der Waals surface area contributed by atoms with E-state index in [1.165, 1.54) is 11.1 Å². The summed E-state index contributed by atoms with van der Waals surface area (Å²) in [6.07, 6.45) is 3.38. The molecule has 4 rings (SSSR count). The first-order chi connectivity index (χ1) is 12.8. The summed E-state index contributed by atoms with van der Waals surface area (Å²) in [7, 11) is 0. The van der Waals surface area contributed by atoms with Crippen LogP contribution in [0.3, 0.4) is 0 Å². The number of aliphatic hydroxyl groups is 1. The molecule has 26 heavy (non-hydrogen) atoms. The van der Waals surface area contributed by atoms with Crippen molar-refractivity contribution in [2.45, 2.75) is 31.7 Å². The van der Waals surface area contributed by atoms with Gasteiger partial charge in [-0.1, -0.05) is 30.3 Å². The molecule has 138 valence electrons. The Bertz CT molecular complexity index is 681. The van der Waals surface area contributed by atoms with Crippen molar-refractivity contribution in [3.05, 3.63) is 65.5 Å². The number of aliphatic hydroxyl groups excluding tert-OH is 1. The average Bonchev–Trinajstić information content (AvgIpc) is 3.24. The Morgan fingerprint density at radius 2 is 1.77 bits per heavy atom. The molecule has 0 aliphatic carbocycles. The lowest BCUT2D eigenvalue weighted by Crippen LogP contribution is -2.35. The molecule has 7 heteroatoms. The third-order valence-electron chi connectivity index (χ3n) is 5.28. The van der Waals surface area contributed by atoms with Crippen molar-refractivity contribution in [2.75, 3.05) is 13.1 Å². The summed E-state index contributed by atoms with van der Waals surface area (Å²) in [5.74, 6) is 0.294.